The van der Waals surface area contributed by atoms with Crippen LogP contribution >= 0.6 is 0 Å². The molecule has 5 nitrogen and oxygen atoms in total. The zero-order valence-corrected chi connectivity index (χ0v) is 33.6. The van der Waals surface area contributed by atoms with E-state index in [1.165, 1.54) is 49.7 Å². The van der Waals surface area contributed by atoms with Gasteiger partial charge in [0.05, 0.1) is 33.6 Å². The van der Waals surface area contributed by atoms with E-state index in [1.807, 2.05) is 30.5 Å². The number of ether oxygens (including phenoxy) is 1. The zero-order chi connectivity index (χ0) is 40.3. The highest BCUT2D eigenvalue weighted by atomic mass is 16.5. The minimum Gasteiger partial charge on any atom is -0.457 e. The van der Waals surface area contributed by atoms with Crippen LogP contribution in [0.4, 0.5) is 22.7 Å². The Hall–Kier alpha value is -7.85. The molecule has 0 N–H and O–H groups in total. The quantitative estimate of drug-likeness (QED) is 0.151. The fourth-order valence-electron chi connectivity index (χ4n) is 9.07. The van der Waals surface area contributed by atoms with Gasteiger partial charge in [-0.15, -0.1) is 0 Å². The van der Waals surface area contributed by atoms with Gasteiger partial charge in [0.15, 0.2) is 0 Å². The minimum atomic E-state index is 0.729. The normalized spacial score (nSPS) is 12.2. The highest BCUT2D eigenvalue weighted by molar-refractivity contribution is 6.10. The predicted molar refractivity (Wildman–Crippen MR) is 248 cm³/mol. The SMILES string of the molecule is Cc1c(C)c(-c2ccccc2)c([N+]2=C=[N+](c3cccc(Oc4ccc5c6ccccc6n(-c6ccccn6)c5c4)c3)c3ccc4ccccc4c32)c(-c2ccccc2)c1C. The number of rotatable bonds is 7. The van der Waals surface area contributed by atoms with Crippen molar-refractivity contribution in [3.05, 3.63) is 205 Å². The van der Waals surface area contributed by atoms with Gasteiger partial charge in [0.25, 0.3) is 5.69 Å². The summed E-state index contributed by atoms with van der Waals surface area (Å²) in [5.41, 5.74) is 14.8. The molecule has 0 amide bonds. The maximum absolute atomic E-state index is 6.74. The zero-order valence-electron chi connectivity index (χ0n) is 33.6. The van der Waals surface area contributed by atoms with Gasteiger partial charge in [0.2, 0.25) is 11.4 Å². The maximum atomic E-state index is 6.74. The van der Waals surface area contributed by atoms with Crippen molar-refractivity contribution in [2.75, 3.05) is 0 Å². The molecule has 0 atom stereocenters. The summed E-state index contributed by atoms with van der Waals surface area (Å²) in [4.78, 5) is 4.72. The lowest BCUT2D eigenvalue weighted by atomic mass is 9.85. The molecule has 0 aliphatic carbocycles. The smallest absolute Gasteiger partial charge is 0.457 e. The van der Waals surface area contributed by atoms with Crippen LogP contribution in [0.1, 0.15) is 16.7 Å². The third-order valence-electron chi connectivity index (χ3n) is 12.1. The molecule has 1 aliphatic rings. The van der Waals surface area contributed by atoms with Crippen LogP contribution in [0.5, 0.6) is 11.5 Å². The van der Waals surface area contributed by atoms with Gasteiger partial charge in [-0.05, 0) is 112 Å². The summed E-state index contributed by atoms with van der Waals surface area (Å²) >= 11 is 0. The molecule has 0 spiro atoms. The number of nitrogens with zero attached hydrogens (tertiary/aromatic N) is 4. The van der Waals surface area contributed by atoms with Gasteiger partial charge in [0.1, 0.15) is 17.3 Å². The molecule has 0 saturated carbocycles. The van der Waals surface area contributed by atoms with Crippen LogP contribution in [0.3, 0.4) is 0 Å². The molecule has 0 fully saturated rings. The highest BCUT2D eigenvalue weighted by Gasteiger charge is 2.42. The van der Waals surface area contributed by atoms with Crippen molar-refractivity contribution in [2.45, 2.75) is 20.8 Å². The number of fused-ring (bicyclic) bond motifs is 6. The first-order chi connectivity index (χ1) is 29.5. The second-order valence-corrected chi connectivity index (χ2v) is 15.4. The third kappa shape index (κ3) is 5.67. The van der Waals surface area contributed by atoms with Crippen LogP contribution in [0.25, 0.3) is 60.6 Å². The van der Waals surface area contributed by atoms with Crippen molar-refractivity contribution >= 4 is 61.3 Å². The van der Waals surface area contributed by atoms with Gasteiger partial charge >= 0.3 is 11.7 Å². The summed E-state index contributed by atoms with van der Waals surface area (Å²) in [5.74, 6) is 2.34. The first kappa shape index (κ1) is 35.3. The highest BCUT2D eigenvalue weighted by Crippen LogP contribution is 2.50. The molecule has 0 bridgehead atoms. The maximum Gasteiger partial charge on any atom is 0.503 e. The number of pyridine rings is 1. The van der Waals surface area contributed by atoms with E-state index in [9.17, 15) is 0 Å². The molecule has 5 heteroatoms. The lowest BCUT2D eigenvalue weighted by Crippen LogP contribution is -2.09. The second-order valence-electron chi connectivity index (χ2n) is 15.4. The van der Waals surface area contributed by atoms with Gasteiger partial charge in [-0.1, -0.05) is 109 Å². The van der Waals surface area contributed by atoms with E-state index in [-0.39, 0.29) is 0 Å². The Morgan fingerprint density at radius 2 is 1.13 bits per heavy atom. The van der Waals surface area contributed by atoms with Crippen LogP contribution in [-0.4, -0.2) is 15.6 Å². The monoisotopic (exact) mass is 772 g/mol. The fourth-order valence-corrected chi connectivity index (χ4v) is 9.07. The fraction of sp³-hybridized carbons (Fsp3) is 0.0545. The number of benzene rings is 8. The number of aromatic nitrogens is 2. The molecule has 60 heavy (non-hydrogen) atoms. The first-order valence-corrected chi connectivity index (χ1v) is 20.4. The van der Waals surface area contributed by atoms with Gasteiger partial charge in [0, 0.05) is 35.2 Å². The average Bonchev–Trinajstić information content (AvgIpc) is 3.85. The van der Waals surface area contributed by atoms with E-state index in [4.69, 9.17) is 9.72 Å². The van der Waals surface area contributed by atoms with E-state index >= 15 is 0 Å². The van der Waals surface area contributed by atoms with E-state index in [0.29, 0.717) is 0 Å². The third-order valence-corrected chi connectivity index (χ3v) is 12.1. The lowest BCUT2D eigenvalue weighted by molar-refractivity contribution is 0.483. The topological polar surface area (TPSA) is 33.1 Å². The Balaban J connectivity index is 1.12. The molecular weight excluding hydrogens is 733 g/mol. The summed E-state index contributed by atoms with van der Waals surface area (Å²) in [7, 11) is 0. The van der Waals surface area contributed by atoms with E-state index in [2.05, 4.69) is 198 Å². The lowest BCUT2D eigenvalue weighted by Gasteiger charge is -2.19. The van der Waals surface area contributed by atoms with Crippen molar-refractivity contribution in [1.82, 2.24) is 18.7 Å². The molecule has 2 aromatic heterocycles. The minimum absolute atomic E-state index is 0.729. The molecule has 10 aromatic rings. The summed E-state index contributed by atoms with van der Waals surface area (Å²) in [6.45, 7) is 6.77. The van der Waals surface area contributed by atoms with Crippen LogP contribution in [0, 0.1) is 20.8 Å². The molecule has 284 valence electrons. The van der Waals surface area contributed by atoms with Gasteiger partial charge in [-0.3, -0.25) is 4.57 Å². The largest absolute Gasteiger partial charge is 0.503 e. The van der Waals surface area contributed by atoms with Crippen molar-refractivity contribution in [3.63, 3.8) is 0 Å². The summed E-state index contributed by atoms with van der Waals surface area (Å²) < 4.78 is 13.5. The van der Waals surface area contributed by atoms with E-state index in [1.54, 1.807) is 0 Å². The van der Waals surface area contributed by atoms with E-state index < -0.39 is 0 Å². The molecule has 0 unspecified atom stereocenters. The summed E-state index contributed by atoms with van der Waals surface area (Å²) in [5, 5.41) is 4.65. The average molecular weight is 773 g/mol. The molecule has 8 aromatic carbocycles. The van der Waals surface area contributed by atoms with Crippen LogP contribution < -0.4 is 13.9 Å². The Morgan fingerprint density at radius 3 is 1.87 bits per heavy atom. The Kier molecular flexibility index (Phi) is 8.37. The summed E-state index contributed by atoms with van der Waals surface area (Å²) in [6.07, 6.45) is 1.84. The molecule has 0 saturated heterocycles. The number of hydrogen-bond donors (Lipinski definition) is 0. The van der Waals surface area contributed by atoms with Crippen LogP contribution in [0.2, 0.25) is 0 Å². The predicted octanol–water partition coefficient (Wildman–Crippen LogP) is 14.2. The van der Waals surface area contributed by atoms with Crippen molar-refractivity contribution < 1.29 is 4.74 Å². The molecular formula is C55H40N4O+2. The van der Waals surface area contributed by atoms with Gasteiger partial charge in [-0.25, -0.2) is 4.98 Å². The van der Waals surface area contributed by atoms with Crippen molar-refractivity contribution in [2.24, 2.45) is 0 Å². The summed E-state index contributed by atoms with van der Waals surface area (Å²) in [6, 6.07) is 67.7. The van der Waals surface area contributed by atoms with Crippen molar-refractivity contribution in [3.8, 4) is 39.6 Å². The van der Waals surface area contributed by atoms with Crippen LogP contribution in [0.15, 0.2) is 188 Å². The van der Waals surface area contributed by atoms with Gasteiger partial charge < -0.3 is 4.74 Å². The molecule has 3 heterocycles. The first-order valence-electron chi connectivity index (χ1n) is 20.4. The molecule has 11 rings (SSSR count). The number of hydrogen-bond acceptors (Lipinski definition) is 2. The standard InChI is InChI=1S/C55H40N4O/c1-36-37(2)52(40-18-6-4-7-19-40)55(53(38(36)3)41-20-8-5-9-21-41)58-35-57(49-31-28-39-17-10-11-24-45(39)54(49)58)42-22-16-23-43(33-42)60-44-29-30-47-46-25-12-13-26-48(46)59(50(47)34-44)51-27-14-15-32-56-51/h4-34H,1-3H3/q+2. The van der Waals surface area contributed by atoms with Crippen molar-refractivity contribution in [1.29, 1.82) is 0 Å². The van der Waals surface area contributed by atoms with Crippen LogP contribution in [-0.2, 0) is 0 Å². The Bertz CT molecular complexity index is 3330. The van der Waals surface area contributed by atoms with Gasteiger partial charge in [-0.2, -0.15) is 0 Å². The molecule has 1 aliphatic heterocycles. The second kappa shape index (κ2) is 14.2. The Labute approximate surface area is 348 Å². The van der Waals surface area contributed by atoms with E-state index in [0.717, 1.165) is 61.9 Å². The Morgan fingerprint density at radius 1 is 0.483 bits per heavy atom. The number of para-hydroxylation sites is 1. The molecule has 0 radical (unpaired) electrons.